The molecule has 0 aliphatic carbocycles. The third-order valence-electron chi connectivity index (χ3n) is 3.83. The number of nitrogens with zero attached hydrogens (tertiary/aromatic N) is 3. The summed E-state index contributed by atoms with van der Waals surface area (Å²) >= 11 is 0. The Hall–Kier alpha value is -3.02. The minimum Gasteiger partial charge on any atom is -0.354 e. The summed E-state index contributed by atoms with van der Waals surface area (Å²) in [6, 6.07) is 11.1. The summed E-state index contributed by atoms with van der Waals surface area (Å²) < 4.78 is 0. The Bertz CT molecular complexity index is 860. The monoisotopic (exact) mass is 335 g/mol. The predicted octanol–water partition coefficient (Wildman–Crippen LogP) is 3.88. The molecule has 3 rings (SSSR count). The van der Waals surface area contributed by atoms with Crippen LogP contribution in [0.2, 0.25) is 0 Å². The van der Waals surface area contributed by atoms with Gasteiger partial charge in [0.25, 0.3) is 5.91 Å². The number of aromatic nitrogens is 3. The van der Waals surface area contributed by atoms with E-state index in [2.05, 4.69) is 32.5 Å². The summed E-state index contributed by atoms with van der Waals surface area (Å²) in [6.45, 7) is 2.95. The van der Waals surface area contributed by atoms with Crippen LogP contribution in [-0.4, -0.2) is 27.4 Å². The molecule has 6 heteroatoms. The highest BCUT2D eigenvalue weighted by Crippen LogP contribution is 2.21. The smallest absolute Gasteiger partial charge is 0.274 e. The molecule has 0 saturated carbocycles. The fourth-order valence-electron chi connectivity index (χ4n) is 2.54. The first-order valence-electron chi connectivity index (χ1n) is 8.50. The van der Waals surface area contributed by atoms with Crippen LogP contribution in [0.3, 0.4) is 0 Å². The van der Waals surface area contributed by atoms with E-state index in [1.807, 2.05) is 30.3 Å². The van der Waals surface area contributed by atoms with Crippen molar-refractivity contribution in [1.82, 2.24) is 15.0 Å². The Morgan fingerprint density at radius 2 is 1.92 bits per heavy atom. The minimum atomic E-state index is -0.280. The van der Waals surface area contributed by atoms with Crippen LogP contribution in [0.5, 0.6) is 0 Å². The molecule has 0 atom stereocenters. The van der Waals surface area contributed by atoms with E-state index in [0.29, 0.717) is 17.3 Å². The summed E-state index contributed by atoms with van der Waals surface area (Å²) in [7, 11) is 0. The lowest BCUT2D eigenvalue weighted by Crippen LogP contribution is -2.16. The largest absolute Gasteiger partial charge is 0.354 e. The second kappa shape index (κ2) is 8.19. The standard InChI is InChI=1S/C19H21N5O/c1-2-3-4-11-21-19-22-13-10-16(24-19)18(25)23-15-9-5-7-14-8-6-12-20-17(14)15/h5-10,12-13H,2-4,11H2,1H3,(H,23,25)(H,21,22,24). The molecule has 0 unspecified atom stereocenters. The Labute approximate surface area is 146 Å². The molecular weight excluding hydrogens is 314 g/mol. The van der Waals surface area contributed by atoms with Crippen molar-refractivity contribution in [2.75, 3.05) is 17.2 Å². The first-order valence-corrected chi connectivity index (χ1v) is 8.50. The minimum absolute atomic E-state index is 0.280. The molecule has 2 N–H and O–H groups in total. The number of hydrogen-bond donors (Lipinski definition) is 2. The van der Waals surface area contributed by atoms with E-state index >= 15 is 0 Å². The van der Waals surface area contributed by atoms with Crippen molar-refractivity contribution >= 4 is 28.4 Å². The molecule has 0 fully saturated rings. The van der Waals surface area contributed by atoms with Crippen molar-refractivity contribution in [3.8, 4) is 0 Å². The molecule has 0 aliphatic heterocycles. The maximum atomic E-state index is 12.5. The van der Waals surface area contributed by atoms with Crippen LogP contribution < -0.4 is 10.6 Å². The van der Waals surface area contributed by atoms with Gasteiger partial charge in [-0.2, -0.15) is 0 Å². The van der Waals surface area contributed by atoms with E-state index in [9.17, 15) is 4.79 Å². The number of carbonyl (C=O) groups is 1. The molecule has 128 valence electrons. The van der Waals surface area contributed by atoms with Gasteiger partial charge < -0.3 is 10.6 Å². The number of nitrogens with one attached hydrogen (secondary N) is 2. The first-order chi connectivity index (χ1) is 12.3. The molecule has 0 bridgehead atoms. The maximum Gasteiger partial charge on any atom is 0.274 e. The number of hydrogen-bond acceptors (Lipinski definition) is 5. The Morgan fingerprint density at radius 3 is 2.80 bits per heavy atom. The van der Waals surface area contributed by atoms with Crippen molar-refractivity contribution in [2.24, 2.45) is 0 Å². The van der Waals surface area contributed by atoms with Crippen LogP contribution in [0.25, 0.3) is 10.9 Å². The van der Waals surface area contributed by atoms with Gasteiger partial charge >= 0.3 is 0 Å². The average molecular weight is 335 g/mol. The van der Waals surface area contributed by atoms with Gasteiger partial charge in [0.15, 0.2) is 0 Å². The second-order valence-corrected chi connectivity index (χ2v) is 5.73. The molecule has 0 spiro atoms. The van der Waals surface area contributed by atoms with E-state index in [1.165, 1.54) is 0 Å². The topological polar surface area (TPSA) is 79.8 Å². The van der Waals surface area contributed by atoms with Gasteiger partial charge in [0.1, 0.15) is 5.69 Å². The SMILES string of the molecule is CCCCCNc1nccc(C(=O)Nc2cccc3cccnc23)n1. The van der Waals surface area contributed by atoms with Crippen molar-refractivity contribution < 1.29 is 4.79 Å². The summed E-state index contributed by atoms with van der Waals surface area (Å²) in [5.41, 5.74) is 1.74. The molecule has 3 aromatic rings. The van der Waals surface area contributed by atoms with E-state index < -0.39 is 0 Å². The van der Waals surface area contributed by atoms with Gasteiger partial charge in [-0.25, -0.2) is 9.97 Å². The average Bonchev–Trinajstić information content (AvgIpc) is 2.66. The van der Waals surface area contributed by atoms with Gasteiger partial charge in [-0.3, -0.25) is 9.78 Å². The number of pyridine rings is 1. The summed E-state index contributed by atoms with van der Waals surface area (Å²) in [5.74, 6) is 0.192. The number of amides is 1. The number of rotatable bonds is 7. The van der Waals surface area contributed by atoms with Crippen molar-refractivity contribution in [1.29, 1.82) is 0 Å². The van der Waals surface area contributed by atoms with Crippen LogP contribution in [0.4, 0.5) is 11.6 Å². The van der Waals surface area contributed by atoms with Gasteiger partial charge in [-0.15, -0.1) is 0 Å². The van der Waals surface area contributed by atoms with Crippen LogP contribution in [0, 0.1) is 0 Å². The number of unbranched alkanes of at least 4 members (excludes halogenated alkanes) is 2. The zero-order valence-corrected chi connectivity index (χ0v) is 14.2. The Kier molecular flexibility index (Phi) is 5.51. The normalized spacial score (nSPS) is 10.6. The highest BCUT2D eigenvalue weighted by atomic mass is 16.1. The lowest BCUT2D eigenvalue weighted by molar-refractivity contribution is 0.102. The number of anilines is 2. The molecule has 1 amide bonds. The number of para-hydroxylation sites is 1. The van der Waals surface area contributed by atoms with E-state index in [-0.39, 0.29) is 5.91 Å². The maximum absolute atomic E-state index is 12.5. The van der Waals surface area contributed by atoms with Crippen LogP contribution in [0.15, 0.2) is 48.8 Å². The molecule has 0 radical (unpaired) electrons. The van der Waals surface area contributed by atoms with Crippen LogP contribution in [-0.2, 0) is 0 Å². The molecule has 0 aliphatic rings. The third-order valence-corrected chi connectivity index (χ3v) is 3.83. The number of fused-ring (bicyclic) bond motifs is 1. The van der Waals surface area contributed by atoms with Crippen molar-refractivity contribution in [3.63, 3.8) is 0 Å². The summed E-state index contributed by atoms with van der Waals surface area (Å²) in [6.07, 6.45) is 6.66. The van der Waals surface area contributed by atoms with Gasteiger partial charge in [0.2, 0.25) is 5.95 Å². The van der Waals surface area contributed by atoms with E-state index in [1.54, 1.807) is 18.5 Å². The summed E-state index contributed by atoms with van der Waals surface area (Å²) in [4.78, 5) is 25.3. The van der Waals surface area contributed by atoms with Gasteiger partial charge in [-0.05, 0) is 24.6 Å². The predicted molar refractivity (Wildman–Crippen MR) is 99.7 cm³/mol. The molecule has 1 aromatic carbocycles. The van der Waals surface area contributed by atoms with Gasteiger partial charge in [0, 0.05) is 24.3 Å². The van der Waals surface area contributed by atoms with Gasteiger partial charge in [0.05, 0.1) is 11.2 Å². The first kappa shape index (κ1) is 16.8. The molecule has 2 aromatic heterocycles. The quantitative estimate of drug-likeness (QED) is 0.641. The lowest BCUT2D eigenvalue weighted by atomic mass is 10.2. The highest BCUT2D eigenvalue weighted by molar-refractivity contribution is 6.07. The molecular formula is C19H21N5O. The number of carbonyl (C=O) groups excluding carboxylic acids is 1. The van der Waals surface area contributed by atoms with Crippen LogP contribution in [0.1, 0.15) is 36.7 Å². The van der Waals surface area contributed by atoms with Gasteiger partial charge in [-0.1, -0.05) is 38.0 Å². The lowest BCUT2D eigenvalue weighted by Gasteiger charge is -2.09. The fourth-order valence-corrected chi connectivity index (χ4v) is 2.54. The molecule has 25 heavy (non-hydrogen) atoms. The molecule has 6 nitrogen and oxygen atoms in total. The van der Waals surface area contributed by atoms with E-state index in [0.717, 1.165) is 36.7 Å². The van der Waals surface area contributed by atoms with E-state index in [4.69, 9.17) is 0 Å². The zero-order chi connectivity index (χ0) is 17.5. The van der Waals surface area contributed by atoms with Crippen LogP contribution >= 0.6 is 0 Å². The zero-order valence-electron chi connectivity index (χ0n) is 14.2. The fraction of sp³-hybridized carbons (Fsp3) is 0.263. The second-order valence-electron chi connectivity index (χ2n) is 5.73. The van der Waals surface area contributed by atoms with Crippen molar-refractivity contribution in [3.05, 3.63) is 54.5 Å². The highest BCUT2D eigenvalue weighted by Gasteiger charge is 2.11. The third kappa shape index (κ3) is 4.29. The number of benzene rings is 1. The Morgan fingerprint density at radius 1 is 1.04 bits per heavy atom. The summed E-state index contributed by atoms with van der Waals surface area (Å²) in [5, 5.41) is 7.01. The Balaban J connectivity index is 1.72. The molecule has 0 saturated heterocycles. The molecule has 2 heterocycles. The van der Waals surface area contributed by atoms with Crippen molar-refractivity contribution in [2.45, 2.75) is 26.2 Å².